The molecule has 0 spiro atoms. The Hall–Kier alpha value is -0.820. The van der Waals surface area contributed by atoms with Gasteiger partial charge >= 0.3 is 0 Å². The minimum atomic E-state index is -0.114. The first-order valence-corrected chi connectivity index (χ1v) is 10.2. The van der Waals surface area contributed by atoms with Crippen LogP contribution in [-0.4, -0.2) is 54.5 Å². The highest BCUT2D eigenvalue weighted by Gasteiger charge is 2.20. The number of rotatable bonds is 8. The van der Waals surface area contributed by atoms with Crippen LogP contribution >= 0.6 is 12.0 Å². The molecule has 1 aliphatic rings. The first-order valence-electron chi connectivity index (χ1n) is 9.30. The second kappa shape index (κ2) is 11.0. The summed E-state index contributed by atoms with van der Waals surface area (Å²) in [6.45, 7) is 2.06. The average molecular weight is 370 g/mol. The quantitative estimate of drug-likeness (QED) is 0.480. The number of hydrogen-bond donors (Lipinski definition) is 3. The highest BCUT2D eigenvalue weighted by Crippen LogP contribution is 2.22. The van der Waals surface area contributed by atoms with Gasteiger partial charge in [-0.1, -0.05) is 6.07 Å². The second-order valence-corrected chi connectivity index (χ2v) is 7.56. The van der Waals surface area contributed by atoms with E-state index in [0.717, 1.165) is 80.7 Å². The standard InChI is InChI=1S/C19H32FN3OS/c1-21-19-7-3-6-18(20)17(19)9-8-15-11-13-23(2)16(10-12-22-15)5-4-14-25-24/h3,6-7,15-16,21-22,24H,4-5,8-14H2,1-2H3. The minimum Gasteiger partial charge on any atom is -0.388 e. The van der Waals surface area contributed by atoms with Gasteiger partial charge in [-0.3, -0.25) is 0 Å². The van der Waals surface area contributed by atoms with Crippen molar-refractivity contribution in [2.75, 3.05) is 38.3 Å². The maximum Gasteiger partial charge on any atom is 0.128 e. The van der Waals surface area contributed by atoms with Crippen molar-refractivity contribution in [1.29, 1.82) is 0 Å². The van der Waals surface area contributed by atoms with Gasteiger partial charge in [-0.05, 0) is 82.8 Å². The van der Waals surface area contributed by atoms with E-state index in [1.165, 1.54) is 0 Å². The van der Waals surface area contributed by atoms with Crippen LogP contribution in [-0.2, 0) is 6.42 Å². The van der Waals surface area contributed by atoms with Gasteiger partial charge in [-0.25, -0.2) is 4.39 Å². The van der Waals surface area contributed by atoms with Crippen LogP contribution in [0.15, 0.2) is 18.2 Å². The lowest BCUT2D eigenvalue weighted by Crippen LogP contribution is -2.43. The molecule has 1 aromatic rings. The Morgan fingerprint density at radius 2 is 2.20 bits per heavy atom. The van der Waals surface area contributed by atoms with Gasteiger partial charge in [0.1, 0.15) is 5.82 Å². The van der Waals surface area contributed by atoms with Gasteiger partial charge < -0.3 is 20.1 Å². The molecule has 2 atom stereocenters. The fourth-order valence-corrected chi connectivity index (χ4v) is 3.97. The molecule has 0 radical (unpaired) electrons. The minimum absolute atomic E-state index is 0.114. The summed E-state index contributed by atoms with van der Waals surface area (Å²) in [6, 6.07) is 6.25. The summed E-state index contributed by atoms with van der Waals surface area (Å²) in [5.74, 6) is 0.702. The van der Waals surface area contributed by atoms with Crippen LogP contribution in [0.4, 0.5) is 10.1 Å². The summed E-state index contributed by atoms with van der Waals surface area (Å²) in [6.07, 6.45) is 6.11. The highest BCUT2D eigenvalue weighted by molar-refractivity contribution is 7.93. The van der Waals surface area contributed by atoms with Crippen LogP contribution < -0.4 is 10.6 Å². The third-order valence-electron chi connectivity index (χ3n) is 5.27. The van der Waals surface area contributed by atoms with Crippen LogP contribution in [0.2, 0.25) is 0 Å². The third-order valence-corrected chi connectivity index (χ3v) is 5.74. The highest BCUT2D eigenvalue weighted by atomic mass is 32.2. The molecule has 0 saturated carbocycles. The monoisotopic (exact) mass is 369 g/mol. The van der Waals surface area contributed by atoms with Gasteiger partial charge in [0.2, 0.25) is 0 Å². The lowest BCUT2D eigenvalue weighted by molar-refractivity contribution is 0.185. The van der Waals surface area contributed by atoms with Gasteiger partial charge in [-0.2, -0.15) is 0 Å². The van der Waals surface area contributed by atoms with Crippen molar-refractivity contribution < 1.29 is 8.94 Å². The molecular weight excluding hydrogens is 337 g/mol. The Kier molecular flexibility index (Phi) is 9.03. The summed E-state index contributed by atoms with van der Waals surface area (Å²) < 4.78 is 23.0. The topological polar surface area (TPSA) is 47.5 Å². The lowest BCUT2D eigenvalue weighted by atomic mass is 9.98. The van der Waals surface area contributed by atoms with Crippen molar-refractivity contribution in [1.82, 2.24) is 10.2 Å². The van der Waals surface area contributed by atoms with E-state index in [1.54, 1.807) is 12.1 Å². The molecule has 0 aliphatic carbocycles. The van der Waals surface area contributed by atoms with E-state index in [4.69, 9.17) is 4.55 Å². The molecule has 1 heterocycles. The van der Waals surface area contributed by atoms with E-state index in [9.17, 15) is 4.39 Å². The van der Waals surface area contributed by atoms with Crippen LogP contribution in [0.1, 0.15) is 37.7 Å². The molecule has 142 valence electrons. The number of hydrogen-bond acceptors (Lipinski definition) is 5. The molecule has 0 aromatic heterocycles. The van der Waals surface area contributed by atoms with E-state index in [-0.39, 0.29) is 5.82 Å². The third kappa shape index (κ3) is 6.44. The predicted octanol–water partition coefficient (Wildman–Crippen LogP) is 3.84. The summed E-state index contributed by atoms with van der Waals surface area (Å²) in [4.78, 5) is 2.46. The van der Waals surface area contributed by atoms with Gasteiger partial charge in [0.15, 0.2) is 0 Å². The van der Waals surface area contributed by atoms with E-state index in [1.807, 2.05) is 13.1 Å². The van der Waals surface area contributed by atoms with Gasteiger partial charge in [0, 0.05) is 36.1 Å². The van der Waals surface area contributed by atoms with E-state index in [0.29, 0.717) is 12.1 Å². The van der Waals surface area contributed by atoms with Gasteiger partial charge in [-0.15, -0.1) is 0 Å². The summed E-state index contributed by atoms with van der Waals surface area (Å²) in [5.41, 5.74) is 1.69. The van der Waals surface area contributed by atoms with Crippen molar-refractivity contribution in [3.8, 4) is 0 Å². The van der Waals surface area contributed by atoms with Crippen molar-refractivity contribution in [3.63, 3.8) is 0 Å². The fraction of sp³-hybridized carbons (Fsp3) is 0.684. The Morgan fingerprint density at radius 1 is 1.36 bits per heavy atom. The molecule has 2 rings (SSSR count). The zero-order valence-electron chi connectivity index (χ0n) is 15.4. The Balaban J connectivity index is 1.83. The van der Waals surface area contributed by atoms with Crippen LogP contribution in [0.5, 0.6) is 0 Å². The first-order chi connectivity index (χ1) is 12.2. The molecule has 3 N–H and O–H groups in total. The zero-order valence-corrected chi connectivity index (χ0v) is 16.2. The van der Waals surface area contributed by atoms with Crippen LogP contribution in [0.3, 0.4) is 0 Å². The molecule has 1 aromatic carbocycles. The Bertz CT molecular complexity index is 517. The second-order valence-electron chi connectivity index (χ2n) is 6.89. The largest absolute Gasteiger partial charge is 0.388 e. The van der Waals surface area contributed by atoms with Crippen LogP contribution in [0.25, 0.3) is 0 Å². The number of benzene rings is 1. The van der Waals surface area contributed by atoms with Crippen LogP contribution in [0, 0.1) is 5.82 Å². The van der Waals surface area contributed by atoms with Crippen molar-refractivity contribution >= 4 is 17.7 Å². The maximum atomic E-state index is 14.1. The Labute approximate surface area is 155 Å². The normalized spacial score (nSPS) is 22.4. The zero-order chi connectivity index (χ0) is 18.1. The summed E-state index contributed by atoms with van der Waals surface area (Å²) >= 11 is 0.940. The molecule has 1 aliphatic heterocycles. The molecular formula is C19H32FN3OS. The molecule has 1 fully saturated rings. The van der Waals surface area contributed by atoms with Crippen molar-refractivity contribution in [2.45, 2.75) is 50.6 Å². The number of halogens is 1. The number of nitrogens with one attached hydrogen (secondary N) is 2. The SMILES string of the molecule is CNc1cccc(F)c1CCC1CCN(C)C(CCCSO)CCN1. The molecule has 1 saturated heterocycles. The molecule has 0 bridgehead atoms. The summed E-state index contributed by atoms with van der Waals surface area (Å²) in [7, 11) is 4.05. The van der Waals surface area contributed by atoms with Crippen molar-refractivity contribution in [2.24, 2.45) is 0 Å². The number of nitrogens with zero attached hydrogens (tertiary/aromatic N) is 1. The van der Waals surface area contributed by atoms with E-state index >= 15 is 0 Å². The molecule has 6 heteroatoms. The van der Waals surface area contributed by atoms with Gasteiger partial charge in [0.25, 0.3) is 0 Å². The van der Waals surface area contributed by atoms with Crippen molar-refractivity contribution in [3.05, 3.63) is 29.6 Å². The maximum absolute atomic E-state index is 14.1. The fourth-order valence-electron chi connectivity index (χ4n) is 3.68. The Morgan fingerprint density at radius 3 is 2.96 bits per heavy atom. The molecule has 2 unspecified atom stereocenters. The van der Waals surface area contributed by atoms with E-state index < -0.39 is 0 Å². The summed E-state index contributed by atoms with van der Waals surface area (Å²) in [5, 5.41) is 6.76. The van der Waals surface area contributed by atoms with E-state index in [2.05, 4.69) is 22.6 Å². The average Bonchev–Trinajstić information content (AvgIpc) is 2.61. The molecule has 4 nitrogen and oxygen atoms in total. The molecule has 0 amide bonds. The van der Waals surface area contributed by atoms with Gasteiger partial charge in [0.05, 0.1) is 0 Å². The smallest absolute Gasteiger partial charge is 0.128 e. The first kappa shape index (κ1) is 20.5. The number of anilines is 1. The molecule has 25 heavy (non-hydrogen) atoms. The lowest BCUT2D eigenvalue weighted by Gasteiger charge is -2.33. The predicted molar refractivity (Wildman–Crippen MR) is 106 cm³/mol.